The van der Waals surface area contributed by atoms with Crippen LogP contribution in [0.1, 0.15) is 43.2 Å². The lowest BCUT2D eigenvalue weighted by atomic mass is 9.88. The van der Waals surface area contributed by atoms with Gasteiger partial charge in [-0.25, -0.2) is 0 Å². The Morgan fingerprint density at radius 3 is 2.25 bits per heavy atom. The van der Waals surface area contributed by atoms with Crippen molar-refractivity contribution in [3.8, 4) is 0 Å². The average molecular weight is 285 g/mol. The van der Waals surface area contributed by atoms with Gasteiger partial charge in [0.25, 0.3) is 0 Å². The van der Waals surface area contributed by atoms with Crippen LogP contribution in [0.3, 0.4) is 0 Å². The smallest absolute Gasteiger partial charge is 0.352 e. The number of alkyl halides is 3. The van der Waals surface area contributed by atoms with E-state index in [1.54, 1.807) is 0 Å². The number of hydrogen-bond donors (Lipinski definition) is 1. The molecule has 0 saturated heterocycles. The van der Waals surface area contributed by atoms with Crippen LogP contribution in [-0.2, 0) is 17.5 Å². The summed E-state index contributed by atoms with van der Waals surface area (Å²) in [6.45, 7) is 0.285. The van der Waals surface area contributed by atoms with Gasteiger partial charge in [-0.05, 0) is 30.5 Å². The first-order chi connectivity index (χ1) is 9.47. The molecule has 1 fully saturated rings. The van der Waals surface area contributed by atoms with Gasteiger partial charge in [-0.15, -0.1) is 0 Å². The predicted molar refractivity (Wildman–Crippen MR) is 69.9 cm³/mol. The van der Waals surface area contributed by atoms with E-state index in [9.17, 15) is 18.0 Å². The van der Waals surface area contributed by atoms with Crippen molar-refractivity contribution in [3.63, 3.8) is 0 Å². The molecule has 1 aromatic rings. The summed E-state index contributed by atoms with van der Waals surface area (Å²) in [5.41, 5.74) is 0.0158. The Hall–Kier alpha value is -1.52. The molecule has 0 aromatic heterocycles. The number of halogens is 3. The fraction of sp³-hybridized carbons (Fsp3) is 0.533. The molecule has 20 heavy (non-hydrogen) atoms. The van der Waals surface area contributed by atoms with Crippen LogP contribution in [0.4, 0.5) is 13.2 Å². The largest absolute Gasteiger partial charge is 0.416 e. The van der Waals surface area contributed by atoms with Crippen LogP contribution in [0.2, 0.25) is 0 Å². The highest BCUT2D eigenvalue weighted by atomic mass is 19.4. The average Bonchev–Trinajstić information content (AvgIpc) is 2.45. The molecule has 0 aliphatic heterocycles. The number of hydrogen-bond acceptors (Lipinski definition) is 1. The van der Waals surface area contributed by atoms with Crippen LogP contribution >= 0.6 is 0 Å². The van der Waals surface area contributed by atoms with Gasteiger partial charge in [0.2, 0.25) is 5.91 Å². The first-order valence-electron chi connectivity index (χ1n) is 6.90. The molecule has 110 valence electrons. The third-order valence-corrected chi connectivity index (χ3v) is 3.72. The molecule has 1 aromatic carbocycles. The minimum absolute atomic E-state index is 0.0181. The maximum absolute atomic E-state index is 12.4. The molecular formula is C15H18F3NO. The molecule has 0 atom stereocenters. The number of carbonyl (C=O) groups is 1. The van der Waals surface area contributed by atoms with Crippen LogP contribution in [0.15, 0.2) is 24.3 Å². The van der Waals surface area contributed by atoms with Gasteiger partial charge in [0.15, 0.2) is 0 Å². The predicted octanol–water partition coefficient (Wildman–Crippen LogP) is 3.90. The number of benzene rings is 1. The molecule has 1 saturated carbocycles. The summed E-state index contributed by atoms with van der Waals surface area (Å²) >= 11 is 0. The van der Waals surface area contributed by atoms with E-state index in [1.165, 1.54) is 18.6 Å². The fourth-order valence-corrected chi connectivity index (χ4v) is 2.51. The topological polar surface area (TPSA) is 29.1 Å². The molecule has 0 spiro atoms. The van der Waals surface area contributed by atoms with E-state index in [-0.39, 0.29) is 18.4 Å². The Kier molecular flexibility index (Phi) is 4.68. The Labute approximate surface area is 116 Å². The highest BCUT2D eigenvalue weighted by Crippen LogP contribution is 2.29. The molecule has 2 nitrogen and oxygen atoms in total. The van der Waals surface area contributed by atoms with E-state index in [2.05, 4.69) is 5.32 Å². The molecule has 1 aliphatic rings. The summed E-state index contributed by atoms with van der Waals surface area (Å²) in [7, 11) is 0. The standard InChI is InChI=1S/C15H18F3NO/c16-15(17,18)13-8-6-11(7-9-13)10-19-14(20)12-4-2-1-3-5-12/h6-9,12H,1-5,10H2,(H,19,20). The van der Waals surface area contributed by atoms with E-state index in [0.29, 0.717) is 5.56 Å². The lowest BCUT2D eigenvalue weighted by molar-refractivity contribution is -0.137. The molecule has 5 heteroatoms. The van der Waals surface area contributed by atoms with Gasteiger partial charge < -0.3 is 5.32 Å². The minimum atomic E-state index is -4.32. The molecular weight excluding hydrogens is 267 g/mol. The van der Waals surface area contributed by atoms with Crippen LogP contribution < -0.4 is 5.32 Å². The van der Waals surface area contributed by atoms with Crippen molar-refractivity contribution >= 4 is 5.91 Å². The maximum Gasteiger partial charge on any atom is 0.416 e. The zero-order valence-corrected chi connectivity index (χ0v) is 11.2. The zero-order chi connectivity index (χ0) is 14.6. The van der Waals surface area contributed by atoms with E-state index in [1.807, 2.05) is 0 Å². The SMILES string of the molecule is O=C(NCc1ccc(C(F)(F)F)cc1)C1CCCCC1. The van der Waals surface area contributed by atoms with Crippen molar-refractivity contribution in [1.82, 2.24) is 5.32 Å². The second kappa shape index (κ2) is 6.29. The summed E-state index contributed by atoms with van der Waals surface area (Å²) in [5.74, 6) is 0.0859. The van der Waals surface area contributed by atoms with Crippen molar-refractivity contribution in [2.45, 2.75) is 44.8 Å². The molecule has 0 heterocycles. The van der Waals surface area contributed by atoms with Crippen molar-refractivity contribution in [3.05, 3.63) is 35.4 Å². The van der Waals surface area contributed by atoms with Gasteiger partial charge in [0.1, 0.15) is 0 Å². The van der Waals surface area contributed by atoms with E-state index in [4.69, 9.17) is 0 Å². The Balaban J connectivity index is 1.86. The fourth-order valence-electron chi connectivity index (χ4n) is 2.51. The Morgan fingerprint density at radius 1 is 1.10 bits per heavy atom. The number of nitrogens with one attached hydrogen (secondary N) is 1. The number of amides is 1. The summed E-state index contributed by atoms with van der Waals surface area (Å²) in [6, 6.07) is 4.90. The highest BCUT2D eigenvalue weighted by Gasteiger charge is 2.29. The van der Waals surface area contributed by atoms with E-state index < -0.39 is 11.7 Å². The second-order valence-corrected chi connectivity index (χ2v) is 5.25. The van der Waals surface area contributed by atoms with E-state index in [0.717, 1.165) is 37.8 Å². The quantitative estimate of drug-likeness (QED) is 0.896. The maximum atomic E-state index is 12.4. The molecule has 1 aliphatic carbocycles. The van der Waals surface area contributed by atoms with Gasteiger partial charge in [-0.3, -0.25) is 4.79 Å². The van der Waals surface area contributed by atoms with Crippen molar-refractivity contribution < 1.29 is 18.0 Å². The van der Waals surface area contributed by atoms with Crippen molar-refractivity contribution in [2.24, 2.45) is 5.92 Å². The molecule has 1 amide bonds. The van der Waals surface area contributed by atoms with Crippen LogP contribution in [0.5, 0.6) is 0 Å². The van der Waals surface area contributed by atoms with Crippen molar-refractivity contribution in [2.75, 3.05) is 0 Å². The van der Waals surface area contributed by atoms with Crippen LogP contribution in [0, 0.1) is 5.92 Å². The lowest BCUT2D eigenvalue weighted by Crippen LogP contribution is -2.31. The zero-order valence-electron chi connectivity index (χ0n) is 11.2. The van der Waals surface area contributed by atoms with Gasteiger partial charge in [0.05, 0.1) is 5.56 Å². The molecule has 0 radical (unpaired) electrons. The van der Waals surface area contributed by atoms with E-state index >= 15 is 0 Å². The normalized spacial score (nSPS) is 16.9. The molecule has 0 unspecified atom stereocenters. The summed E-state index contributed by atoms with van der Waals surface area (Å²) < 4.78 is 37.2. The Bertz CT molecular complexity index is 447. The van der Waals surface area contributed by atoms with Crippen LogP contribution in [0.25, 0.3) is 0 Å². The third kappa shape index (κ3) is 3.99. The van der Waals surface area contributed by atoms with Gasteiger partial charge in [-0.1, -0.05) is 31.4 Å². The number of carbonyl (C=O) groups excluding carboxylic acids is 1. The van der Waals surface area contributed by atoms with Gasteiger partial charge in [-0.2, -0.15) is 13.2 Å². The minimum Gasteiger partial charge on any atom is -0.352 e. The lowest BCUT2D eigenvalue weighted by Gasteiger charge is -2.20. The van der Waals surface area contributed by atoms with Crippen molar-refractivity contribution in [1.29, 1.82) is 0 Å². The summed E-state index contributed by atoms with van der Waals surface area (Å²) in [5, 5.41) is 2.81. The van der Waals surface area contributed by atoms with Crippen LogP contribution in [-0.4, -0.2) is 5.91 Å². The molecule has 0 bridgehead atoms. The first-order valence-corrected chi connectivity index (χ1v) is 6.90. The highest BCUT2D eigenvalue weighted by molar-refractivity contribution is 5.78. The molecule has 2 rings (SSSR count). The third-order valence-electron chi connectivity index (χ3n) is 3.72. The molecule has 1 N–H and O–H groups in total. The first kappa shape index (κ1) is 14.9. The second-order valence-electron chi connectivity index (χ2n) is 5.25. The van der Waals surface area contributed by atoms with Gasteiger partial charge >= 0.3 is 6.18 Å². The summed E-state index contributed by atoms with van der Waals surface area (Å²) in [6.07, 6.45) is 0.862. The monoisotopic (exact) mass is 285 g/mol. The summed E-state index contributed by atoms with van der Waals surface area (Å²) in [4.78, 5) is 11.9. The Morgan fingerprint density at radius 2 is 1.70 bits per heavy atom. The number of rotatable bonds is 3. The van der Waals surface area contributed by atoms with Gasteiger partial charge in [0, 0.05) is 12.5 Å².